The zero-order valence-corrected chi connectivity index (χ0v) is 26.9. The number of nitrogens with zero attached hydrogens (tertiary/aromatic N) is 6. The number of hydrogen-bond acceptors (Lipinski definition) is 9. The van der Waals surface area contributed by atoms with Crippen LogP contribution in [0.1, 0.15) is 49.5 Å². The molecule has 2 atom stereocenters. The third-order valence-corrected chi connectivity index (χ3v) is 8.65. The van der Waals surface area contributed by atoms with Gasteiger partial charge in [-0.25, -0.2) is 9.48 Å². The van der Waals surface area contributed by atoms with Crippen LogP contribution in [0.5, 0.6) is 5.88 Å². The first kappa shape index (κ1) is 34.2. The molecule has 3 saturated heterocycles. The Labute approximate surface area is 277 Å². The van der Waals surface area contributed by atoms with Gasteiger partial charge in [0.05, 0.1) is 12.3 Å². The molecule has 0 saturated carbocycles. The van der Waals surface area contributed by atoms with Crippen molar-refractivity contribution >= 4 is 35.7 Å². The lowest BCUT2D eigenvalue weighted by atomic mass is 10.1. The number of para-hydroxylation sites is 1. The summed E-state index contributed by atoms with van der Waals surface area (Å²) in [6.07, 6.45) is 1.25. The first-order chi connectivity index (χ1) is 23.2. The number of aromatic nitrogens is 2. The number of piperazine rings is 1. The van der Waals surface area contributed by atoms with E-state index in [4.69, 9.17) is 9.47 Å². The Morgan fingerprint density at radius 1 is 0.938 bits per heavy atom. The lowest BCUT2D eigenvalue weighted by Crippen LogP contribution is -2.56. The molecule has 0 spiro atoms. The fraction of sp³-hybridized carbons (Fsp3) is 0.531. The molecule has 5 amide bonds. The van der Waals surface area contributed by atoms with Gasteiger partial charge >= 0.3 is 12.1 Å². The van der Waals surface area contributed by atoms with Gasteiger partial charge in [0.2, 0.25) is 17.7 Å². The van der Waals surface area contributed by atoms with Gasteiger partial charge in [-0.05, 0) is 44.7 Å². The van der Waals surface area contributed by atoms with Crippen LogP contribution >= 0.6 is 0 Å². The molecule has 5 rings (SSSR count). The largest absolute Gasteiger partial charge is 0.481 e. The lowest BCUT2D eigenvalue weighted by molar-refractivity contribution is -0.147. The Morgan fingerprint density at radius 2 is 1.65 bits per heavy atom. The van der Waals surface area contributed by atoms with Crippen LogP contribution in [-0.2, 0) is 23.9 Å². The molecule has 16 heteroatoms. The van der Waals surface area contributed by atoms with E-state index in [1.165, 1.54) is 20.5 Å². The number of carbonyl (C=O) groups excluding carboxylic acids is 5. The van der Waals surface area contributed by atoms with Crippen molar-refractivity contribution in [2.75, 3.05) is 59.0 Å². The predicted octanol–water partition coefficient (Wildman–Crippen LogP) is 0.738. The Bertz CT molecular complexity index is 1500. The molecule has 1 aromatic heterocycles. The van der Waals surface area contributed by atoms with Crippen LogP contribution in [0.4, 0.5) is 4.79 Å². The first-order valence-electron chi connectivity index (χ1n) is 16.3. The van der Waals surface area contributed by atoms with Gasteiger partial charge in [-0.3, -0.25) is 24.0 Å². The van der Waals surface area contributed by atoms with Crippen molar-refractivity contribution in [3.05, 3.63) is 42.1 Å². The number of carboxylic acids is 1. The van der Waals surface area contributed by atoms with Crippen LogP contribution in [0.15, 0.2) is 36.4 Å². The van der Waals surface area contributed by atoms with E-state index in [2.05, 4.69) is 10.4 Å². The summed E-state index contributed by atoms with van der Waals surface area (Å²) in [5, 5.41) is 16.3. The number of likely N-dealkylation sites (tertiary alicyclic amines) is 2. The zero-order valence-electron chi connectivity index (χ0n) is 26.9. The summed E-state index contributed by atoms with van der Waals surface area (Å²) in [5.41, 5.74) is 0.428. The van der Waals surface area contributed by atoms with E-state index >= 15 is 0 Å². The van der Waals surface area contributed by atoms with Gasteiger partial charge in [0.25, 0.3) is 11.8 Å². The molecular formula is C32H41N7O9. The fourth-order valence-corrected chi connectivity index (χ4v) is 5.92. The fourth-order valence-electron chi connectivity index (χ4n) is 5.92. The smallest absolute Gasteiger partial charge is 0.409 e. The van der Waals surface area contributed by atoms with E-state index < -0.39 is 36.0 Å². The first-order valence-corrected chi connectivity index (χ1v) is 16.3. The average molecular weight is 668 g/mol. The quantitative estimate of drug-likeness (QED) is 0.327. The van der Waals surface area contributed by atoms with Crippen molar-refractivity contribution in [2.45, 2.75) is 51.1 Å². The van der Waals surface area contributed by atoms with Gasteiger partial charge < -0.3 is 39.5 Å². The van der Waals surface area contributed by atoms with Crippen molar-refractivity contribution in [3.63, 3.8) is 0 Å². The highest BCUT2D eigenvalue weighted by molar-refractivity contribution is 5.96. The molecule has 0 aliphatic carbocycles. The molecule has 3 fully saturated rings. The molecule has 48 heavy (non-hydrogen) atoms. The summed E-state index contributed by atoms with van der Waals surface area (Å²) in [6, 6.07) is 8.47. The van der Waals surface area contributed by atoms with Crippen LogP contribution < -0.4 is 10.1 Å². The topological polar surface area (TPSA) is 184 Å². The van der Waals surface area contributed by atoms with Crippen LogP contribution in [0.25, 0.3) is 5.69 Å². The second kappa shape index (κ2) is 15.6. The summed E-state index contributed by atoms with van der Waals surface area (Å²) >= 11 is 0. The summed E-state index contributed by atoms with van der Waals surface area (Å²) in [5.74, 6) is -2.67. The van der Waals surface area contributed by atoms with Crippen molar-refractivity contribution < 1.29 is 43.3 Å². The molecule has 258 valence electrons. The number of benzene rings is 1. The van der Waals surface area contributed by atoms with Crippen molar-refractivity contribution in [2.24, 2.45) is 0 Å². The third kappa shape index (κ3) is 8.04. The minimum Gasteiger partial charge on any atom is -0.481 e. The second-order valence-corrected chi connectivity index (χ2v) is 11.8. The molecule has 3 aliphatic heterocycles. The minimum atomic E-state index is -1.17. The highest BCUT2D eigenvalue weighted by Gasteiger charge is 2.38. The van der Waals surface area contributed by atoms with Crippen molar-refractivity contribution in [3.8, 4) is 11.6 Å². The molecule has 1 aromatic carbocycles. The van der Waals surface area contributed by atoms with Gasteiger partial charge in [0.15, 0.2) is 12.3 Å². The molecule has 2 unspecified atom stereocenters. The third-order valence-electron chi connectivity index (χ3n) is 8.65. The van der Waals surface area contributed by atoms with Crippen molar-refractivity contribution in [1.29, 1.82) is 0 Å². The number of carboxylic acid groups (broad SMARTS) is 1. The van der Waals surface area contributed by atoms with E-state index in [0.29, 0.717) is 38.2 Å². The number of ether oxygens (including phenoxy) is 2. The number of nitrogens with one attached hydrogen (secondary N) is 1. The maximum atomic E-state index is 13.5. The number of carbonyl (C=O) groups is 6. The Hall–Kier alpha value is -5.15. The number of rotatable bonds is 12. The molecule has 3 aliphatic rings. The maximum absolute atomic E-state index is 13.5. The van der Waals surface area contributed by atoms with Crippen LogP contribution in [0, 0.1) is 0 Å². The SMILES string of the molecule is CCOC(=O)N1CCN(C(=O)C(CCC(=O)O)NC(=O)c2cc(OCC(=O)N3CCCC3C(=O)N3CCC3)n(-c3ccccc3)n2)CC1. The van der Waals surface area contributed by atoms with E-state index in [0.717, 1.165) is 6.42 Å². The van der Waals surface area contributed by atoms with E-state index in [9.17, 15) is 33.9 Å². The van der Waals surface area contributed by atoms with Gasteiger partial charge in [-0.2, -0.15) is 5.10 Å². The number of aliphatic carboxylic acids is 1. The molecule has 2 aromatic rings. The summed E-state index contributed by atoms with van der Waals surface area (Å²) < 4.78 is 12.3. The van der Waals surface area contributed by atoms with E-state index in [1.54, 1.807) is 47.1 Å². The maximum Gasteiger partial charge on any atom is 0.409 e. The molecular weight excluding hydrogens is 626 g/mol. The summed E-state index contributed by atoms with van der Waals surface area (Å²) in [6.45, 7) is 4.22. The number of amides is 5. The lowest BCUT2D eigenvalue weighted by Gasteiger charge is -2.35. The van der Waals surface area contributed by atoms with Gasteiger partial charge in [0.1, 0.15) is 12.1 Å². The average Bonchev–Trinajstić information content (AvgIpc) is 3.73. The minimum absolute atomic E-state index is 0.0479. The van der Waals surface area contributed by atoms with Crippen molar-refractivity contribution in [1.82, 2.24) is 34.7 Å². The zero-order chi connectivity index (χ0) is 34.2. The predicted molar refractivity (Wildman–Crippen MR) is 168 cm³/mol. The molecule has 16 nitrogen and oxygen atoms in total. The second-order valence-electron chi connectivity index (χ2n) is 11.8. The van der Waals surface area contributed by atoms with Crippen LogP contribution in [0.3, 0.4) is 0 Å². The summed E-state index contributed by atoms with van der Waals surface area (Å²) in [4.78, 5) is 82.8. The summed E-state index contributed by atoms with van der Waals surface area (Å²) in [7, 11) is 0. The van der Waals surface area contributed by atoms with Crippen LogP contribution in [-0.4, -0.2) is 141 Å². The molecule has 4 heterocycles. The molecule has 2 N–H and O–H groups in total. The van der Waals surface area contributed by atoms with Gasteiger partial charge in [-0.15, -0.1) is 0 Å². The van der Waals surface area contributed by atoms with E-state index in [1.807, 2.05) is 0 Å². The monoisotopic (exact) mass is 667 g/mol. The van der Waals surface area contributed by atoms with Crippen LogP contribution in [0.2, 0.25) is 0 Å². The molecule has 0 bridgehead atoms. The Balaban J connectivity index is 1.28. The Kier molecular flexibility index (Phi) is 11.1. The Morgan fingerprint density at radius 3 is 2.29 bits per heavy atom. The van der Waals surface area contributed by atoms with Gasteiger partial charge in [-0.1, -0.05) is 18.2 Å². The van der Waals surface area contributed by atoms with E-state index in [-0.39, 0.29) is 75.6 Å². The standard InChI is InChI=1S/C32H41N7O9/c1-2-47-32(46)37-18-16-36(17-19-37)30(44)23(11-12-28(41)42)33-29(43)24-20-27(39(34-24)22-8-4-3-5-9-22)48-21-26(40)38-15-6-10-25(38)31(45)35-13-7-14-35/h3-5,8-9,20,23,25H,2,6-7,10-19,21H2,1H3,(H,33,43)(H,41,42). The number of hydrogen-bond donors (Lipinski definition) is 2. The highest BCUT2D eigenvalue weighted by Crippen LogP contribution is 2.24. The van der Waals surface area contributed by atoms with Gasteiger partial charge in [0, 0.05) is 58.3 Å². The normalized spacial score (nSPS) is 18.1. The molecule has 0 radical (unpaired) electrons. The highest BCUT2D eigenvalue weighted by atomic mass is 16.6.